The summed E-state index contributed by atoms with van der Waals surface area (Å²) in [7, 11) is 0. The average molecular weight is 191 g/mol. The Morgan fingerprint density at radius 3 is 2.93 bits per heavy atom. The largest absolute Gasteiger partial charge is 0.482 e. The highest BCUT2D eigenvalue weighted by Crippen LogP contribution is 2.15. The van der Waals surface area contributed by atoms with Gasteiger partial charge in [-0.1, -0.05) is 12.1 Å². The molecule has 0 unspecified atom stereocenters. The molecular weight excluding hydrogens is 182 g/mol. The van der Waals surface area contributed by atoms with Crippen molar-refractivity contribution in [2.24, 2.45) is 5.84 Å². The van der Waals surface area contributed by atoms with Gasteiger partial charge in [0.15, 0.2) is 6.61 Å². The third-order valence-corrected chi connectivity index (χ3v) is 1.53. The van der Waals surface area contributed by atoms with Crippen LogP contribution >= 0.6 is 0 Å². The molecule has 72 valence electrons. The zero-order valence-corrected chi connectivity index (χ0v) is 7.36. The maximum Gasteiger partial charge on any atom is 0.271 e. The average Bonchev–Trinajstić information content (AvgIpc) is 2.26. The van der Waals surface area contributed by atoms with Crippen molar-refractivity contribution in [3.8, 4) is 11.8 Å². The van der Waals surface area contributed by atoms with Gasteiger partial charge < -0.3 is 4.74 Å². The van der Waals surface area contributed by atoms with Gasteiger partial charge in [0.25, 0.3) is 5.91 Å². The zero-order valence-electron chi connectivity index (χ0n) is 7.36. The highest BCUT2D eigenvalue weighted by atomic mass is 16.5. The molecule has 14 heavy (non-hydrogen) atoms. The van der Waals surface area contributed by atoms with Gasteiger partial charge in [-0.05, 0) is 12.1 Å². The third kappa shape index (κ3) is 2.47. The molecule has 0 saturated carbocycles. The van der Waals surface area contributed by atoms with Gasteiger partial charge in [0.2, 0.25) is 0 Å². The lowest BCUT2D eigenvalue weighted by Crippen LogP contribution is -2.34. The van der Waals surface area contributed by atoms with Gasteiger partial charge in [-0.15, -0.1) is 0 Å². The fraction of sp³-hybridized carbons (Fsp3) is 0.111. The summed E-state index contributed by atoms with van der Waals surface area (Å²) >= 11 is 0. The minimum absolute atomic E-state index is 0.199. The van der Waals surface area contributed by atoms with Crippen molar-refractivity contribution in [2.75, 3.05) is 6.61 Å². The fourth-order valence-corrected chi connectivity index (χ4v) is 0.870. The van der Waals surface area contributed by atoms with Crippen molar-refractivity contribution in [1.29, 1.82) is 5.26 Å². The van der Waals surface area contributed by atoms with Crippen LogP contribution in [0.4, 0.5) is 0 Å². The molecule has 0 radical (unpaired) electrons. The normalized spacial score (nSPS) is 8.86. The summed E-state index contributed by atoms with van der Waals surface area (Å²) in [5.41, 5.74) is 2.31. The zero-order chi connectivity index (χ0) is 10.4. The molecule has 5 nitrogen and oxygen atoms in total. The van der Waals surface area contributed by atoms with Crippen molar-refractivity contribution < 1.29 is 9.53 Å². The standard InChI is InChI=1S/C9H9N3O2/c10-5-7-3-1-2-4-8(7)14-6-9(13)12-11/h1-4H,6,11H2,(H,12,13). The first-order chi connectivity index (χ1) is 6.77. The van der Waals surface area contributed by atoms with E-state index in [-0.39, 0.29) is 6.61 Å². The monoisotopic (exact) mass is 191 g/mol. The van der Waals surface area contributed by atoms with Gasteiger partial charge >= 0.3 is 0 Å². The molecule has 0 aliphatic heterocycles. The maximum absolute atomic E-state index is 10.7. The van der Waals surface area contributed by atoms with Crippen LogP contribution in [0.15, 0.2) is 24.3 Å². The number of benzene rings is 1. The summed E-state index contributed by atoms with van der Waals surface area (Å²) in [6.45, 7) is -0.199. The van der Waals surface area contributed by atoms with E-state index >= 15 is 0 Å². The van der Waals surface area contributed by atoms with Gasteiger partial charge in [0.1, 0.15) is 11.8 Å². The Balaban J connectivity index is 2.68. The smallest absolute Gasteiger partial charge is 0.271 e. The van der Waals surface area contributed by atoms with Crippen LogP contribution in [0.1, 0.15) is 5.56 Å². The molecule has 0 bridgehead atoms. The van der Waals surface area contributed by atoms with E-state index in [1.54, 1.807) is 24.3 Å². The number of amides is 1. The van der Waals surface area contributed by atoms with E-state index in [0.29, 0.717) is 11.3 Å². The minimum Gasteiger partial charge on any atom is -0.482 e. The Hall–Kier alpha value is -2.06. The maximum atomic E-state index is 10.7. The number of hydrogen-bond donors (Lipinski definition) is 2. The van der Waals surface area contributed by atoms with E-state index in [9.17, 15) is 4.79 Å². The first kappa shape index (κ1) is 10.0. The number of carbonyl (C=O) groups excluding carboxylic acids is 1. The van der Waals surface area contributed by atoms with Crippen molar-refractivity contribution >= 4 is 5.91 Å². The summed E-state index contributed by atoms with van der Waals surface area (Å²) in [4.78, 5) is 10.7. The van der Waals surface area contributed by atoms with Crippen molar-refractivity contribution in [1.82, 2.24) is 5.43 Å². The third-order valence-electron chi connectivity index (χ3n) is 1.53. The number of hydrogen-bond acceptors (Lipinski definition) is 4. The van der Waals surface area contributed by atoms with Crippen LogP contribution in [0.3, 0.4) is 0 Å². The Bertz CT molecular complexity index is 371. The Morgan fingerprint density at radius 2 is 2.29 bits per heavy atom. The number of nitrogens with two attached hydrogens (primary N) is 1. The molecule has 5 heteroatoms. The molecule has 0 aliphatic carbocycles. The van der Waals surface area contributed by atoms with Crippen molar-refractivity contribution in [3.05, 3.63) is 29.8 Å². The fourth-order valence-electron chi connectivity index (χ4n) is 0.870. The van der Waals surface area contributed by atoms with Crippen LogP contribution in [-0.2, 0) is 4.79 Å². The molecule has 0 aliphatic rings. The summed E-state index contributed by atoms with van der Waals surface area (Å²) < 4.78 is 5.07. The summed E-state index contributed by atoms with van der Waals surface area (Å²) in [6.07, 6.45) is 0. The molecule has 0 atom stereocenters. The van der Waals surface area contributed by atoms with Gasteiger partial charge in [-0.25, -0.2) is 5.84 Å². The number of para-hydroxylation sites is 1. The summed E-state index contributed by atoms with van der Waals surface area (Å²) in [6, 6.07) is 8.61. The van der Waals surface area contributed by atoms with Gasteiger partial charge in [0, 0.05) is 0 Å². The SMILES string of the molecule is N#Cc1ccccc1OCC(=O)NN. The van der Waals surface area contributed by atoms with Crippen molar-refractivity contribution in [2.45, 2.75) is 0 Å². The van der Waals surface area contributed by atoms with E-state index in [1.807, 2.05) is 11.5 Å². The van der Waals surface area contributed by atoms with Crippen LogP contribution in [0, 0.1) is 11.3 Å². The molecule has 0 fully saturated rings. The number of hydrazine groups is 1. The number of nitriles is 1. The second kappa shape index (κ2) is 4.84. The predicted octanol–water partition coefficient (Wildman–Crippen LogP) is -0.0730. The topological polar surface area (TPSA) is 88.1 Å². The molecule has 1 rings (SSSR count). The van der Waals surface area contributed by atoms with Gasteiger partial charge in [-0.2, -0.15) is 5.26 Å². The summed E-state index contributed by atoms with van der Waals surface area (Å²) in [5.74, 6) is 4.79. The van der Waals surface area contributed by atoms with Crippen LogP contribution in [0.2, 0.25) is 0 Å². The molecule has 1 aromatic carbocycles. The van der Waals surface area contributed by atoms with E-state index in [1.165, 1.54) is 0 Å². The predicted molar refractivity (Wildman–Crippen MR) is 49.0 cm³/mol. The second-order valence-corrected chi connectivity index (χ2v) is 2.46. The second-order valence-electron chi connectivity index (χ2n) is 2.46. The molecule has 1 amide bonds. The van der Waals surface area contributed by atoms with Crippen LogP contribution in [0.25, 0.3) is 0 Å². The van der Waals surface area contributed by atoms with Crippen LogP contribution < -0.4 is 16.0 Å². The first-order valence-electron chi connectivity index (χ1n) is 3.89. The van der Waals surface area contributed by atoms with E-state index < -0.39 is 5.91 Å². The first-order valence-corrected chi connectivity index (χ1v) is 3.89. The lowest BCUT2D eigenvalue weighted by atomic mass is 10.2. The van der Waals surface area contributed by atoms with Crippen LogP contribution in [-0.4, -0.2) is 12.5 Å². The minimum atomic E-state index is -0.447. The highest BCUT2D eigenvalue weighted by Gasteiger charge is 2.03. The lowest BCUT2D eigenvalue weighted by Gasteiger charge is -2.05. The van der Waals surface area contributed by atoms with Gasteiger partial charge in [0.05, 0.1) is 5.56 Å². The molecule has 0 aromatic heterocycles. The molecule has 0 heterocycles. The molecule has 3 N–H and O–H groups in total. The number of carbonyl (C=O) groups is 1. The number of ether oxygens (including phenoxy) is 1. The molecule has 1 aromatic rings. The summed E-state index contributed by atoms with van der Waals surface area (Å²) in [5, 5.41) is 8.69. The van der Waals surface area contributed by atoms with Gasteiger partial charge in [-0.3, -0.25) is 10.2 Å². The quantitative estimate of drug-likeness (QED) is 0.397. The molecule has 0 saturated heterocycles. The van der Waals surface area contributed by atoms with E-state index in [0.717, 1.165) is 0 Å². The van der Waals surface area contributed by atoms with Crippen molar-refractivity contribution in [3.63, 3.8) is 0 Å². The molecular formula is C9H9N3O2. The Labute approximate surface area is 81.1 Å². The Kier molecular flexibility index (Phi) is 3.47. The molecule has 0 spiro atoms. The highest BCUT2D eigenvalue weighted by molar-refractivity contribution is 5.76. The van der Waals surface area contributed by atoms with Crippen LogP contribution in [0.5, 0.6) is 5.75 Å². The van der Waals surface area contributed by atoms with E-state index in [2.05, 4.69) is 0 Å². The Morgan fingerprint density at radius 1 is 1.57 bits per heavy atom. The number of rotatable bonds is 3. The van der Waals surface area contributed by atoms with E-state index in [4.69, 9.17) is 15.8 Å². The number of nitrogens with one attached hydrogen (secondary N) is 1. The number of nitrogens with zero attached hydrogens (tertiary/aromatic N) is 1. The lowest BCUT2D eigenvalue weighted by molar-refractivity contribution is -0.123.